The molecule has 0 atom stereocenters. The summed E-state index contributed by atoms with van der Waals surface area (Å²) in [5.41, 5.74) is 2.88. The summed E-state index contributed by atoms with van der Waals surface area (Å²) >= 11 is 5.78. The molecule has 0 radical (unpaired) electrons. The lowest BCUT2D eigenvalue weighted by atomic mass is 10.2. The molecule has 0 amide bonds. The molecule has 0 aliphatic rings. The Hall–Kier alpha value is -2.38. The van der Waals surface area contributed by atoms with E-state index in [0.717, 1.165) is 0 Å². The van der Waals surface area contributed by atoms with E-state index >= 15 is 0 Å². The van der Waals surface area contributed by atoms with Crippen molar-refractivity contribution in [2.75, 3.05) is 10.7 Å². The maximum Gasteiger partial charge on any atom is 0.273 e. The number of nitro groups is 1. The normalized spacial score (nSPS) is 10.2. The fourth-order valence-electron chi connectivity index (χ4n) is 1.62. The number of anilines is 3. The number of benzene rings is 2. The van der Waals surface area contributed by atoms with Crippen LogP contribution in [-0.4, -0.2) is 4.92 Å². The van der Waals surface area contributed by atoms with Crippen LogP contribution in [0.3, 0.4) is 0 Å². The van der Waals surface area contributed by atoms with Crippen molar-refractivity contribution < 1.29 is 9.31 Å². The third-order valence-electron chi connectivity index (χ3n) is 2.50. The molecule has 2 rings (SSSR count). The summed E-state index contributed by atoms with van der Waals surface area (Å²) in [6.07, 6.45) is 0. The first-order chi connectivity index (χ1) is 9.49. The quantitative estimate of drug-likeness (QED) is 0.456. The minimum absolute atomic E-state index is 0.112. The fraction of sp³-hybridized carbons (Fsp3) is 0. The molecule has 0 saturated heterocycles. The van der Waals surface area contributed by atoms with Crippen LogP contribution in [0.2, 0.25) is 5.02 Å². The molecule has 6 nitrogen and oxygen atoms in total. The highest BCUT2D eigenvalue weighted by Gasteiger charge is 2.11. The van der Waals surface area contributed by atoms with Crippen molar-refractivity contribution >= 4 is 34.4 Å². The van der Waals surface area contributed by atoms with Crippen molar-refractivity contribution in [2.24, 2.45) is 5.84 Å². The number of nitrogens with zero attached hydrogens (tertiary/aromatic N) is 1. The van der Waals surface area contributed by atoms with Gasteiger partial charge in [-0.1, -0.05) is 11.6 Å². The van der Waals surface area contributed by atoms with Crippen LogP contribution in [0.25, 0.3) is 0 Å². The second-order valence-corrected chi connectivity index (χ2v) is 4.36. The molecule has 0 spiro atoms. The van der Waals surface area contributed by atoms with Crippen LogP contribution >= 0.6 is 11.6 Å². The fourth-order valence-corrected chi connectivity index (χ4v) is 1.79. The molecule has 0 unspecified atom stereocenters. The second kappa shape index (κ2) is 5.72. The molecule has 0 aliphatic carbocycles. The molecular formula is C12H10ClFN4O2. The molecule has 8 heteroatoms. The van der Waals surface area contributed by atoms with Crippen molar-refractivity contribution in [2.45, 2.75) is 0 Å². The lowest BCUT2D eigenvalue weighted by Crippen LogP contribution is -2.07. The molecule has 2 aromatic carbocycles. The first kappa shape index (κ1) is 14.0. The second-order valence-electron chi connectivity index (χ2n) is 3.92. The average molecular weight is 297 g/mol. The van der Waals surface area contributed by atoms with E-state index in [4.69, 9.17) is 17.4 Å². The molecule has 0 aliphatic heterocycles. The smallest absolute Gasteiger partial charge is 0.273 e. The zero-order valence-corrected chi connectivity index (χ0v) is 10.8. The van der Waals surface area contributed by atoms with Crippen molar-refractivity contribution in [3.8, 4) is 0 Å². The van der Waals surface area contributed by atoms with Gasteiger partial charge in [0.2, 0.25) is 0 Å². The summed E-state index contributed by atoms with van der Waals surface area (Å²) in [7, 11) is 0. The topological polar surface area (TPSA) is 93.2 Å². The lowest BCUT2D eigenvalue weighted by molar-refractivity contribution is -0.384. The van der Waals surface area contributed by atoms with Crippen molar-refractivity contribution in [1.29, 1.82) is 0 Å². The van der Waals surface area contributed by atoms with E-state index in [9.17, 15) is 14.5 Å². The van der Waals surface area contributed by atoms with Crippen molar-refractivity contribution in [1.82, 2.24) is 0 Å². The summed E-state index contributed by atoms with van der Waals surface area (Å²) < 4.78 is 13.6. The molecule has 2 aromatic rings. The first-order valence-electron chi connectivity index (χ1n) is 5.48. The Morgan fingerprint density at radius 1 is 1.20 bits per heavy atom. The van der Waals surface area contributed by atoms with E-state index in [1.165, 1.54) is 36.4 Å². The number of hydrazine groups is 1. The van der Waals surface area contributed by atoms with Crippen LogP contribution < -0.4 is 16.6 Å². The summed E-state index contributed by atoms with van der Waals surface area (Å²) in [6.45, 7) is 0. The average Bonchev–Trinajstić information content (AvgIpc) is 2.42. The van der Waals surface area contributed by atoms with Crippen LogP contribution in [0.4, 0.5) is 27.1 Å². The Kier molecular flexibility index (Phi) is 4.02. The van der Waals surface area contributed by atoms with Crippen molar-refractivity contribution in [3.63, 3.8) is 0 Å². The van der Waals surface area contributed by atoms with Gasteiger partial charge in [0.15, 0.2) is 0 Å². The van der Waals surface area contributed by atoms with E-state index < -0.39 is 10.7 Å². The van der Waals surface area contributed by atoms with Crippen LogP contribution in [0.15, 0.2) is 36.4 Å². The summed E-state index contributed by atoms with van der Waals surface area (Å²) in [4.78, 5) is 10.2. The number of nitro benzene ring substituents is 1. The van der Waals surface area contributed by atoms with Gasteiger partial charge in [0, 0.05) is 22.8 Å². The Labute approximate surface area is 118 Å². The Morgan fingerprint density at radius 2 is 1.90 bits per heavy atom. The Morgan fingerprint density at radius 3 is 2.55 bits per heavy atom. The van der Waals surface area contributed by atoms with Crippen molar-refractivity contribution in [3.05, 3.63) is 57.4 Å². The molecule has 4 N–H and O–H groups in total. The summed E-state index contributed by atoms with van der Waals surface area (Å²) in [5, 5.41) is 13.9. The van der Waals surface area contributed by atoms with Crippen LogP contribution in [0.1, 0.15) is 0 Å². The van der Waals surface area contributed by atoms with Gasteiger partial charge in [-0.25, -0.2) is 4.39 Å². The first-order valence-corrected chi connectivity index (χ1v) is 5.85. The number of nitrogens with one attached hydrogen (secondary N) is 2. The maximum atomic E-state index is 13.6. The molecule has 0 fully saturated rings. The van der Waals surface area contributed by atoms with E-state index in [2.05, 4.69) is 10.7 Å². The number of halogens is 2. The zero-order chi connectivity index (χ0) is 14.7. The zero-order valence-electron chi connectivity index (χ0n) is 10.1. The number of nitrogen functional groups attached to an aromatic ring is 1. The molecule has 0 aromatic heterocycles. The predicted molar refractivity (Wildman–Crippen MR) is 75.6 cm³/mol. The monoisotopic (exact) mass is 296 g/mol. The number of rotatable bonds is 4. The van der Waals surface area contributed by atoms with Crippen LogP contribution in [-0.2, 0) is 0 Å². The molecule has 20 heavy (non-hydrogen) atoms. The minimum Gasteiger partial charge on any atom is -0.353 e. The van der Waals surface area contributed by atoms with Gasteiger partial charge in [0.25, 0.3) is 5.69 Å². The number of hydrogen-bond acceptors (Lipinski definition) is 5. The van der Waals surface area contributed by atoms with Crippen LogP contribution in [0.5, 0.6) is 0 Å². The molecule has 104 valence electrons. The maximum absolute atomic E-state index is 13.6. The standard InChI is InChI=1S/C12H10ClFN4O2/c13-7-1-2-11(14)12(3-7)16-8-4-9(17-15)6-10(5-8)18(19)20/h1-6,16-17H,15H2. The third-order valence-corrected chi connectivity index (χ3v) is 2.74. The van der Waals surface area contributed by atoms with Crippen LogP contribution in [0, 0.1) is 15.9 Å². The van der Waals surface area contributed by atoms with Gasteiger partial charge in [0.05, 0.1) is 16.3 Å². The van der Waals surface area contributed by atoms with E-state index in [0.29, 0.717) is 16.4 Å². The van der Waals surface area contributed by atoms with Gasteiger partial charge in [-0.15, -0.1) is 0 Å². The van der Waals surface area contributed by atoms with E-state index in [1.54, 1.807) is 0 Å². The minimum atomic E-state index is -0.569. The third kappa shape index (κ3) is 3.14. The van der Waals surface area contributed by atoms with Gasteiger partial charge >= 0.3 is 0 Å². The largest absolute Gasteiger partial charge is 0.353 e. The van der Waals surface area contributed by atoms with Gasteiger partial charge < -0.3 is 10.7 Å². The molecule has 0 saturated carbocycles. The van der Waals surface area contributed by atoms with Gasteiger partial charge in [-0.3, -0.25) is 16.0 Å². The molecular weight excluding hydrogens is 287 g/mol. The van der Waals surface area contributed by atoms with Gasteiger partial charge in [-0.05, 0) is 24.3 Å². The summed E-state index contributed by atoms with van der Waals surface area (Å²) in [5.74, 6) is 4.71. The lowest BCUT2D eigenvalue weighted by Gasteiger charge is -2.09. The Balaban J connectivity index is 2.39. The molecule has 0 heterocycles. The van der Waals surface area contributed by atoms with E-state index in [1.807, 2.05) is 0 Å². The summed E-state index contributed by atoms with van der Waals surface area (Å²) in [6, 6.07) is 8.02. The van der Waals surface area contributed by atoms with E-state index in [-0.39, 0.29) is 11.4 Å². The highest BCUT2D eigenvalue weighted by atomic mass is 35.5. The number of non-ortho nitro benzene ring substituents is 1. The highest BCUT2D eigenvalue weighted by molar-refractivity contribution is 6.30. The Bertz CT molecular complexity index is 666. The van der Waals surface area contributed by atoms with Gasteiger partial charge in [-0.2, -0.15) is 0 Å². The SMILES string of the molecule is NNc1cc(Nc2cc(Cl)ccc2F)cc([N+](=O)[O-])c1. The highest BCUT2D eigenvalue weighted by Crippen LogP contribution is 2.28. The van der Waals surface area contributed by atoms with Gasteiger partial charge in [0.1, 0.15) is 5.82 Å². The predicted octanol–water partition coefficient (Wildman–Crippen LogP) is 3.42. The number of nitrogens with two attached hydrogens (primary N) is 1. The number of hydrogen-bond donors (Lipinski definition) is 3. The molecule has 0 bridgehead atoms.